The summed E-state index contributed by atoms with van der Waals surface area (Å²) >= 11 is 0. The molecule has 1 N–H and O–H groups in total. The van der Waals surface area contributed by atoms with Crippen molar-refractivity contribution in [1.82, 2.24) is 15.2 Å². The van der Waals surface area contributed by atoms with Gasteiger partial charge < -0.3 is 10.2 Å². The maximum atomic E-state index is 13.9. The Kier molecular flexibility index (Phi) is 6.18. The molecular weight excluding hydrogens is 364 g/mol. The number of rotatable bonds is 4. The van der Waals surface area contributed by atoms with Crippen LogP contribution in [0.4, 0.5) is 23.2 Å². The summed E-state index contributed by atoms with van der Waals surface area (Å²) in [6.45, 7) is 3.41. The number of carbonyl (C=O) groups is 1. The number of hydrogen-bond acceptors (Lipinski definition) is 4. The highest BCUT2D eigenvalue weighted by Crippen LogP contribution is 2.27. The van der Waals surface area contributed by atoms with Gasteiger partial charge >= 0.3 is 0 Å². The summed E-state index contributed by atoms with van der Waals surface area (Å²) in [7, 11) is 0. The van der Waals surface area contributed by atoms with Crippen LogP contribution in [-0.2, 0) is 4.79 Å². The molecule has 1 saturated heterocycles. The summed E-state index contributed by atoms with van der Waals surface area (Å²) in [5, 5.41) is 3.05. The molecule has 0 bridgehead atoms. The van der Waals surface area contributed by atoms with Gasteiger partial charge in [-0.05, 0) is 18.8 Å². The van der Waals surface area contributed by atoms with E-state index >= 15 is 0 Å². The van der Waals surface area contributed by atoms with E-state index < -0.39 is 29.2 Å². The lowest BCUT2D eigenvalue weighted by molar-refractivity contribution is -0.123. The van der Waals surface area contributed by atoms with E-state index in [9.17, 15) is 22.4 Å². The SMILES string of the molecule is CC1CCCC(NC(=O)CN2CCN(c3c(F)c(F)nc(F)c3F)CC2)C1. The molecule has 2 atom stereocenters. The molecular formula is C18H24F4N4O. The van der Waals surface area contributed by atoms with Gasteiger partial charge in [0.1, 0.15) is 5.69 Å². The predicted molar refractivity (Wildman–Crippen MR) is 92.3 cm³/mol. The fourth-order valence-corrected chi connectivity index (χ4v) is 3.92. The third kappa shape index (κ3) is 4.69. The quantitative estimate of drug-likeness (QED) is 0.636. The molecule has 3 rings (SSSR count). The molecule has 2 aliphatic rings. The molecule has 1 aliphatic heterocycles. The Bertz CT molecular complexity index is 668. The van der Waals surface area contributed by atoms with Gasteiger partial charge in [-0.25, -0.2) is 0 Å². The topological polar surface area (TPSA) is 48.5 Å². The van der Waals surface area contributed by atoms with Gasteiger partial charge in [-0.15, -0.1) is 0 Å². The van der Waals surface area contributed by atoms with Crippen LogP contribution >= 0.6 is 0 Å². The Morgan fingerprint density at radius 2 is 1.70 bits per heavy atom. The first-order chi connectivity index (χ1) is 12.8. The van der Waals surface area contributed by atoms with Crippen molar-refractivity contribution in [2.75, 3.05) is 37.6 Å². The Morgan fingerprint density at radius 1 is 1.07 bits per heavy atom. The van der Waals surface area contributed by atoms with E-state index in [0.29, 0.717) is 19.0 Å². The Labute approximate surface area is 155 Å². The minimum atomic E-state index is -1.66. The second-order valence-corrected chi connectivity index (χ2v) is 7.47. The predicted octanol–water partition coefficient (Wildman–Crippen LogP) is 2.45. The first-order valence-corrected chi connectivity index (χ1v) is 9.31. The molecule has 27 heavy (non-hydrogen) atoms. The zero-order valence-electron chi connectivity index (χ0n) is 15.3. The number of pyridine rings is 1. The molecule has 150 valence electrons. The first kappa shape index (κ1) is 19.9. The van der Waals surface area contributed by atoms with Crippen LogP contribution in [0.25, 0.3) is 0 Å². The zero-order chi connectivity index (χ0) is 19.6. The zero-order valence-corrected chi connectivity index (χ0v) is 15.3. The first-order valence-electron chi connectivity index (χ1n) is 9.31. The lowest BCUT2D eigenvalue weighted by atomic mass is 9.87. The van der Waals surface area contributed by atoms with Gasteiger partial charge in [0, 0.05) is 32.2 Å². The highest BCUT2D eigenvalue weighted by atomic mass is 19.2. The number of hydrogen-bond donors (Lipinski definition) is 1. The van der Waals surface area contributed by atoms with Crippen molar-refractivity contribution in [3.63, 3.8) is 0 Å². The summed E-state index contributed by atoms with van der Waals surface area (Å²) in [5.41, 5.74) is -0.736. The van der Waals surface area contributed by atoms with Crippen LogP contribution in [0.5, 0.6) is 0 Å². The van der Waals surface area contributed by atoms with Crippen LogP contribution in [0.1, 0.15) is 32.6 Å². The van der Waals surface area contributed by atoms with E-state index in [4.69, 9.17) is 0 Å². The number of nitrogens with zero attached hydrogens (tertiary/aromatic N) is 3. The van der Waals surface area contributed by atoms with Crippen LogP contribution in [0.3, 0.4) is 0 Å². The van der Waals surface area contributed by atoms with Crippen molar-refractivity contribution in [1.29, 1.82) is 0 Å². The van der Waals surface area contributed by atoms with Crippen molar-refractivity contribution >= 4 is 11.6 Å². The Morgan fingerprint density at radius 3 is 2.30 bits per heavy atom. The van der Waals surface area contributed by atoms with Crippen molar-refractivity contribution < 1.29 is 22.4 Å². The number of carbonyl (C=O) groups excluding carboxylic acids is 1. The van der Waals surface area contributed by atoms with E-state index in [1.807, 2.05) is 4.90 Å². The second kappa shape index (κ2) is 8.41. The Hall–Kier alpha value is -1.90. The summed E-state index contributed by atoms with van der Waals surface area (Å²) in [4.78, 5) is 17.9. The largest absolute Gasteiger partial charge is 0.364 e. The smallest absolute Gasteiger partial charge is 0.253 e. The van der Waals surface area contributed by atoms with Gasteiger partial charge in [-0.1, -0.05) is 19.8 Å². The van der Waals surface area contributed by atoms with Crippen molar-refractivity contribution in [2.45, 2.75) is 38.6 Å². The number of nitrogens with one attached hydrogen (secondary N) is 1. The molecule has 0 aromatic carbocycles. The lowest BCUT2D eigenvalue weighted by Crippen LogP contribution is -2.51. The van der Waals surface area contributed by atoms with Crippen molar-refractivity contribution in [2.24, 2.45) is 5.92 Å². The molecule has 1 amide bonds. The monoisotopic (exact) mass is 388 g/mol. The molecule has 1 aliphatic carbocycles. The Balaban J connectivity index is 1.53. The molecule has 1 saturated carbocycles. The summed E-state index contributed by atoms with van der Waals surface area (Å²) in [6, 6.07) is 0.202. The summed E-state index contributed by atoms with van der Waals surface area (Å²) in [6.07, 6.45) is 4.28. The molecule has 2 heterocycles. The molecule has 9 heteroatoms. The normalized spacial score (nSPS) is 24.1. The standard InChI is InChI=1S/C18H24F4N4O/c1-11-3-2-4-12(9-11)23-13(27)10-25-5-7-26(8-6-25)16-14(19)17(21)24-18(22)15(16)20/h11-12H,2-10H2,1H3,(H,23,27). The van der Waals surface area contributed by atoms with Gasteiger partial charge in [0.05, 0.1) is 6.54 Å². The van der Waals surface area contributed by atoms with Gasteiger partial charge in [-0.2, -0.15) is 22.5 Å². The molecule has 2 fully saturated rings. The molecule has 5 nitrogen and oxygen atoms in total. The van der Waals surface area contributed by atoms with Gasteiger partial charge in [0.2, 0.25) is 17.5 Å². The highest BCUT2D eigenvalue weighted by Gasteiger charge is 2.29. The molecule has 1 aromatic heterocycles. The summed E-state index contributed by atoms with van der Waals surface area (Å²) in [5.74, 6) is -5.77. The van der Waals surface area contributed by atoms with E-state index in [1.165, 1.54) is 11.3 Å². The van der Waals surface area contributed by atoms with Gasteiger partial charge in [-0.3, -0.25) is 9.69 Å². The number of amides is 1. The maximum absolute atomic E-state index is 13.9. The van der Waals surface area contributed by atoms with Gasteiger partial charge in [0.25, 0.3) is 11.9 Å². The van der Waals surface area contributed by atoms with Crippen LogP contribution in [0.15, 0.2) is 0 Å². The van der Waals surface area contributed by atoms with Crippen LogP contribution in [-0.4, -0.2) is 54.6 Å². The number of piperazine rings is 1. The second-order valence-electron chi connectivity index (χ2n) is 7.47. The molecule has 2 unspecified atom stereocenters. The summed E-state index contributed by atoms with van der Waals surface area (Å²) < 4.78 is 54.3. The molecule has 1 aromatic rings. The average Bonchev–Trinajstić information content (AvgIpc) is 2.61. The van der Waals surface area contributed by atoms with Crippen LogP contribution < -0.4 is 10.2 Å². The maximum Gasteiger partial charge on any atom is 0.253 e. The fraction of sp³-hybridized carbons (Fsp3) is 0.667. The highest BCUT2D eigenvalue weighted by molar-refractivity contribution is 5.78. The number of aromatic nitrogens is 1. The van der Waals surface area contributed by atoms with Gasteiger partial charge in [0.15, 0.2) is 0 Å². The third-order valence-electron chi connectivity index (χ3n) is 5.33. The minimum absolute atomic E-state index is 0.0686. The number of anilines is 1. The van der Waals surface area contributed by atoms with Crippen molar-refractivity contribution in [3.8, 4) is 0 Å². The third-order valence-corrected chi connectivity index (χ3v) is 5.33. The minimum Gasteiger partial charge on any atom is -0.364 e. The molecule has 0 radical (unpaired) electrons. The lowest BCUT2D eigenvalue weighted by Gasteiger charge is -2.36. The number of halogens is 4. The average molecular weight is 388 g/mol. The molecule has 0 spiro atoms. The van der Waals surface area contributed by atoms with E-state index in [-0.39, 0.29) is 31.6 Å². The fourth-order valence-electron chi connectivity index (χ4n) is 3.92. The van der Waals surface area contributed by atoms with E-state index in [1.54, 1.807) is 0 Å². The van der Waals surface area contributed by atoms with Crippen molar-refractivity contribution in [3.05, 3.63) is 23.5 Å². The van der Waals surface area contributed by atoms with Crippen LogP contribution in [0, 0.1) is 29.4 Å². The van der Waals surface area contributed by atoms with E-state index in [2.05, 4.69) is 17.2 Å². The van der Waals surface area contributed by atoms with Crippen LogP contribution in [0.2, 0.25) is 0 Å². The van der Waals surface area contributed by atoms with E-state index in [0.717, 1.165) is 19.3 Å².